The maximum absolute atomic E-state index is 7.61. The molecule has 6 aromatic rings. The fourth-order valence-corrected chi connectivity index (χ4v) is 14.1. The zero-order valence-corrected chi connectivity index (χ0v) is 35.7. The molecule has 4 saturated carbocycles. The summed E-state index contributed by atoms with van der Waals surface area (Å²) in [6, 6.07) is 48.9. The molecular formula is C57H57NO. The molecule has 296 valence electrons. The minimum absolute atomic E-state index is 0.00145. The van der Waals surface area contributed by atoms with E-state index in [2.05, 4.69) is 174 Å². The van der Waals surface area contributed by atoms with Crippen LogP contribution in [0, 0.1) is 23.7 Å². The number of hydrogen-bond donors (Lipinski definition) is 0. The van der Waals surface area contributed by atoms with Crippen LogP contribution in [-0.4, -0.2) is 0 Å². The zero-order chi connectivity index (χ0) is 40.1. The second-order valence-corrected chi connectivity index (χ2v) is 21.2. The molecule has 2 nitrogen and oxygen atoms in total. The third-order valence-electron chi connectivity index (χ3n) is 16.7. The Hall–Kier alpha value is -5.08. The number of nitrogens with zero attached hydrogens (tertiary/aromatic N) is 1. The van der Waals surface area contributed by atoms with E-state index in [9.17, 15) is 0 Å². The summed E-state index contributed by atoms with van der Waals surface area (Å²) in [5.41, 5.74) is 17.3. The summed E-state index contributed by atoms with van der Waals surface area (Å²) in [5.74, 6) is 5.08. The van der Waals surface area contributed by atoms with Crippen LogP contribution in [0.4, 0.5) is 17.1 Å². The van der Waals surface area contributed by atoms with Crippen molar-refractivity contribution in [3.8, 4) is 33.8 Å². The Kier molecular flexibility index (Phi) is 7.44. The van der Waals surface area contributed by atoms with Crippen LogP contribution in [0.1, 0.15) is 120 Å². The monoisotopic (exact) mass is 771 g/mol. The molecule has 0 aromatic heterocycles. The van der Waals surface area contributed by atoms with Crippen molar-refractivity contribution in [2.24, 2.45) is 23.7 Å². The van der Waals surface area contributed by atoms with Gasteiger partial charge in [0.25, 0.3) is 0 Å². The highest BCUT2D eigenvalue weighted by molar-refractivity contribution is 5.89. The van der Waals surface area contributed by atoms with Crippen molar-refractivity contribution in [2.45, 2.75) is 108 Å². The number of fused-ring (bicyclic) bond motifs is 6. The molecule has 0 amide bonds. The van der Waals surface area contributed by atoms with Crippen molar-refractivity contribution in [1.29, 1.82) is 0 Å². The van der Waals surface area contributed by atoms with Gasteiger partial charge in [0.1, 0.15) is 5.75 Å². The van der Waals surface area contributed by atoms with Crippen molar-refractivity contribution in [1.82, 2.24) is 0 Å². The average Bonchev–Trinajstić information content (AvgIpc) is 3.46. The Balaban J connectivity index is 1.13. The first-order valence-electron chi connectivity index (χ1n) is 22.6. The van der Waals surface area contributed by atoms with Crippen molar-refractivity contribution >= 4 is 17.1 Å². The maximum Gasteiger partial charge on any atom is 0.155 e. The molecule has 6 aromatic carbocycles. The molecular weight excluding hydrogens is 715 g/mol. The lowest BCUT2D eigenvalue weighted by molar-refractivity contribution is -0.0451. The van der Waals surface area contributed by atoms with Gasteiger partial charge < -0.3 is 9.64 Å². The van der Waals surface area contributed by atoms with Crippen LogP contribution in [0.25, 0.3) is 22.3 Å². The van der Waals surface area contributed by atoms with Crippen LogP contribution >= 0.6 is 0 Å². The molecule has 0 saturated heterocycles. The number of ether oxygens (including phenoxy) is 1. The van der Waals surface area contributed by atoms with Crippen molar-refractivity contribution in [3.63, 3.8) is 0 Å². The predicted octanol–water partition coefficient (Wildman–Crippen LogP) is 15.3. The Morgan fingerprint density at radius 2 is 1.14 bits per heavy atom. The van der Waals surface area contributed by atoms with Crippen LogP contribution in [-0.2, 0) is 21.7 Å². The lowest BCUT2D eigenvalue weighted by Gasteiger charge is -2.63. The summed E-state index contributed by atoms with van der Waals surface area (Å²) < 4.78 is 7.61. The minimum atomic E-state index is -0.116. The summed E-state index contributed by atoms with van der Waals surface area (Å²) in [5, 5.41) is 0. The van der Waals surface area contributed by atoms with Gasteiger partial charge in [-0.25, -0.2) is 0 Å². The Labute approximate surface area is 351 Å². The standard InChI is InChI=1S/C57H57NO/c1-54(2)26-27-55(3,4)52-46(54)18-12-20-49(52)58(41-23-24-43-42-16-10-11-17-44(42)56(5,6)48(43)34-41)50-21-13-19-47-53(50)59-51-33-38(37-14-8-7-9-15-37)22-25-45(51)57(47)39-29-35-28-36(31-39)32-40(57)30-35/h7-25,33-36,39-40H,26-32H2,1-6H3. The van der Waals surface area contributed by atoms with Crippen LogP contribution in [0.3, 0.4) is 0 Å². The summed E-state index contributed by atoms with van der Waals surface area (Å²) in [4.78, 5) is 2.63. The summed E-state index contributed by atoms with van der Waals surface area (Å²) in [6.07, 6.45) is 9.08. The van der Waals surface area contributed by atoms with Gasteiger partial charge in [-0.2, -0.15) is 0 Å². The van der Waals surface area contributed by atoms with E-state index in [4.69, 9.17) is 4.74 Å². The van der Waals surface area contributed by atoms with E-state index in [1.54, 1.807) is 0 Å². The molecule has 0 radical (unpaired) electrons. The van der Waals surface area contributed by atoms with Gasteiger partial charge in [0.05, 0.1) is 11.4 Å². The molecule has 0 atom stereocenters. The predicted molar refractivity (Wildman–Crippen MR) is 244 cm³/mol. The van der Waals surface area contributed by atoms with Crippen LogP contribution in [0.5, 0.6) is 11.5 Å². The number of para-hydroxylation sites is 1. The summed E-state index contributed by atoms with van der Waals surface area (Å²) >= 11 is 0. The Morgan fingerprint density at radius 3 is 1.90 bits per heavy atom. The van der Waals surface area contributed by atoms with Gasteiger partial charge in [-0.05, 0) is 154 Å². The molecule has 0 unspecified atom stereocenters. The molecule has 6 aliphatic carbocycles. The van der Waals surface area contributed by atoms with Gasteiger partial charge in [0.2, 0.25) is 0 Å². The van der Waals surface area contributed by atoms with Crippen LogP contribution in [0.2, 0.25) is 0 Å². The van der Waals surface area contributed by atoms with E-state index in [-0.39, 0.29) is 21.7 Å². The lowest BCUT2D eigenvalue weighted by atomic mass is 9.41. The summed E-state index contributed by atoms with van der Waals surface area (Å²) in [6.45, 7) is 14.7. The van der Waals surface area contributed by atoms with E-state index in [0.717, 1.165) is 35.4 Å². The third kappa shape index (κ3) is 4.92. The third-order valence-corrected chi connectivity index (χ3v) is 16.7. The van der Waals surface area contributed by atoms with Crippen LogP contribution < -0.4 is 9.64 Å². The smallest absolute Gasteiger partial charge is 0.155 e. The van der Waals surface area contributed by atoms with Gasteiger partial charge in [-0.3, -0.25) is 0 Å². The van der Waals surface area contributed by atoms with Crippen LogP contribution in [0.15, 0.2) is 127 Å². The highest BCUT2D eigenvalue weighted by Gasteiger charge is 2.61. The van der Waals surface area contributed by atoms with E-state index in [1.807, 2.05) is 0 Å². The maximum atomic E-state index is 7.61. The molecule has 13 rings (SSSR count). The van der Waals surface area contributed by atoms with Crippen molar-refractivity contribution in [2.75, 3.05) is 4.90 Å². The van der Waals surface area contributed by atoms with Gasteiger partial charge in [-0.15, -0.1) is 0 Å². The average molecular weight is 772 g/mol. The first-order chi connectivity index (χ1) is 28.4. The molecule has 1 spiro atoms. The van der Waals surface area contributed by atoms with E-state index >= 15 is 0 Å². The first-order valence-corrected chi connectivity index (χ1v) is 22.6. The summed E-state index contributed by atoms with van der Waals surface area (Å²) in [7, 11) is 0. The second-order valence-electron chi connectivity index (χ2n) is 21.2. The second kappa shape index (κ2) is 12.2. The number of benzene rings is 6. The molecule has 4 bridgehead atoms. The highest BCUT2D eigenvalue weighted by atomic mass is 16.5. The number of rotatable bonds is 4. The molecule has 4 fully saturated rings. The SMILES string of the molecule is CC1(C)CCC(C)(C)c2c(N(c3ccc4c(c3)C(C)(C)c3ccccc3-4)c3cccc4c3Oc3cc(-c5ccccc5)ccc3C43C4CC5CC(C4)CC3C5)cccc21. The van der Waals surface area contributed by atoms with Crippen molar-refractivity contribution in [3.05, 3.63) is 161 Å². The Bertz CT molecular complexity index is 2670. The first kappa shape index (κ1) is 35.8. The fraction of sp³-hybridized carbons (Fsp3) is 0.368. The zero-order valence-electron chi connectivity index (χ0n) is 35.7. The lowest BCUT2D eigenvalue weighted by Crippen LogP contribution is -2.57. The fourth-order valence-electron chi connectivity index (χ4n) is 14.1. The molecule has 2 heteroatoms. The highest BCUT2D eigenvalue weighted by Crippen LogP contribution is 2.70. The van der Waals surface area contributed by atoms with E-state index in [0.29, 0.717) is 11.8 Å². The largest absolute Gasteiger partial charge is 0.454 e. The van der Waals surface area contributed by atoms with Gasteiger partial charge >= 0.3 is 0 Å². The molecule has 7 aliphatic rings. The molecule has 1 heterocycles. The van der Waals surface area contributed by atoms with E-state index < -0.39 is 0 Å². The quantitative estimate of drug-likeness (QED) is 0.177. The normalized spacial score (nSPS) is 26.6. The Morgan fingerprint density at radius 1 is 0.492 bits per heavy atom. The number of anilines is 3. The van der Waals surface area contributed by atoms with Gasteiger partial charge in [0, 0.05) is 27.6 Å². The molecule has 1 aliphatic heterocycles. The number of hydrogen-bond acceptors (Lipinski definition) is 2. The minimum Gasteiger partial charge on any atom is -0.454 e. The van der Waals surface area contributed by atoms with Gasteiger partial charge in [-0.1, -0.05) is 139 Å². The molecule has 0 N–H and O–H groups in total. The molecule has 59 heavy (non-hydrogen) atoms. The van der Waals surface area contributed by atoms with Crippen molar-refractivity contribution < 1.29 is 4.74 Å². The van der Waals surface area contributed by atoms with E-state index in [1.165, 1.54) is 106 Å². The van der Waals surface area contributed by atoms with Gasteiger partial charge in [0.15, 0.2) is 5.75 Å². The topological polar surface area (TPSA) is 12.5 Å².